The minimum atomic E-state index is -0.0462. The van der Waals surface area contributed by atoms with E-state index in [4.69, 9.17) is 4.74 Å². The molecule has 0 aliphatic heterocycles. The molecule has 0 saturated carbocycles. The van der Waals surface area contributed by atoms with Crippen molar-refractivity contribution in [1.82, 2.24) is 0 Å². The zero-order valence-electron chi connectivity index (χ0n) is 12.5. The molecule has 1 N–H and O–H groups in total. The highest BCUT2D eigenvalue weighted by molar-refractivity contribution is 8.00. The maximum Gasteiger partial charge on any atom is 0.128 e. The highest BCUT2D eigenvalue weighted by Crippen LogP contribution is 2.30. The lowest BCUT2D eigenvalue weighted by atomic mass is 10.1. The normalized spacial score (nSPS) is 13.1. The molecule has 110 valence electrons. The number of thioether (sulfide) groups is 1. The van der Waals surface area contributed by atoms with E-state index in [1.807, 2.05) is 24.3 Å². The van der Waals surface area contributed by atoms with E-state index < -0.39 is 0 Å². The van der Waals surface area contributed by atoms with Gasteiger partial charge in [0.15, 0.2) is 0 Å². The van der Waals surface area contributed by atoms with Crippen molar-refractivity contribution in [3.63, 3.8) is 0 Å². The van der Waals surface area contributed by atoms with Crippen LogP contribution in [0.5, 0.6) is 0 Å². The van der Waals surface area contributed by atoms with Gasteiger partial charge >= 0.3 is 0 Å². The van der Waals surface area contributed by atoms with E-state index in [1.54, 1.807) is 18.9 Å². The molecule has 0 radical (unpaired) electrons. The van der Waals surface area contributed by atoms with Crippen molar-refractivity contribution >= 4 is 11.8 Å². The van der Waals surface area contributed by atoms with Gasteiger partial charge in [-0.3, -0.25) is 0 Å². The fraction of sp³-hybridized carbons (Fsp3) is 0.412. The Bertz CT molecular complexity index is 434. The lowest BCUT2D eigenvalue weighted by Crippen LogP contribution is -2.10. The molecular formula is C17H24O2S. The molecule has 1 atom stereocenters. The van der Waals surface area contributed by atoms with Gasteiger partial charge in [0.1, 0.15) is 5.44 Å². The predicted octanol–water partition coefficient (Wildman–Crippen LogP) is 4.42. The minimum Gasteiger partial charge on any atom is -0.392 e. The first-order valence-corrected chi connectivity index (χ1v) is 7.73. The van der Waals surface area contributed by atoms with Crippen molar-refractivity contribution in [2.75, 3.05) is 13.7 Å². The van der Waals surface area contributed by atoms with E-state index in [-0.39, 0.29) is 12.0 Å². The highest BCUT2D eigenvalue weighted by atomic mass is 32.2. The Hall–Kier alpha value is -1.03. The summed E-state index contributed by atoms with van der Waals surface area (Å²) in [6.45, 7) is 4.25. The van der Waals surface area contributed by atoms with Crippen LogP contribution < -0.4 is 0 Å². The van der Waals surface area contributed by atoms with Gasteiger partial charge in [-0.1, -0.05) is 47.7 Å². The monoisotopic (exact) mass is 292 g/mol. The third-order valence-corrected chi connectivity index (χ3v) is 4.10. The average Bonchev–Trinajstić information content (AvgIpc) is 2.45. The van der Waals surface area contributed by atoms with Crippen LogP contribution in [0.15, 0.2) is 58.5 Å². The lowest BCUT2D eigenvalue weighted by molar-refractivity contribution is 0.195. The molecule has 0 aromatic heterocycles. The van der Waals surface area contributed by atoms with Gasteiger partial charge in [-0.15, -0.1) is 0 Å². The Morgan fingerprint density at radius 2 is 1.95 bits per heavy atom. The molecule has 0 amide bonds. The van der Waals surface area contributed by atoms with Crippen LogP contribution in [0.25, 0.3) is 0 Å². The van der Waals surface area contributed by atoms with Gasteiger partial charge in [-0.25, -0.2) is 0 Å². The van der Waals surface area contributed by atoms with Crippen molar-refractivity contribution in [2.45, 2.75) is 37.0 Å². The van der Waals surface area contributed by atoms with Gasteiger partial charge in [0.25, 0.3) is 0 Å². The second kappa shape index (κ2) is 9.81. The number of rotatable bonds is 8. The first kappa shape index (κ1) is 17.0. The molecule has 1 aromatic carbocycles. The minimum absolute atomic E-state index is 0.0462. The van der Waals surface area contributed by atoms with Crippen molar-refractivity contribution in [3.8, 4) is 0 Å². The molecule has 1 aromatic rings. The summed E-state index contributed by atoms with van der Waals surface area (Å²) in [4.78, 5) is 1.17. The summed E-state index contributed by atoms with van der Waals surface area (Å²) in [6.07, 6.45) is 5.96. The fourth-order valence-corrected chi connectivity index (χ4v) is 2.88. The number of hydrogen-bond acceptors (Lipinski definition) is 3. The molecule has 0 aliphatic rings. The molecule has 0 spiro atoms. The lowest BCUT2D eigenvalue weighted by Gasteiger charge is -2.18. The van der Waals surface area contributed by atoms with Crippen LogP contribution in [-0.2, 0) is 4.74 Å². The molecule has 1 unspecified atom stereocenters. The van der Waals surface area contributed by atoms with Crippen LogP contribution in [0, 0.1) is 0 Å². The van der Waals surface area contributed by atoms with Gasteiger partial charge in [-0.2, -0.15) is 0 Å². The average molecular weight is 292 g/mol. The Labute approximate surface area is 126 Å². The van der Waals surface area contributed by atoms with E-state index >= 15 is 0 Å². The maximum absolute atomic E-state index is 9.20. The topological polar surface area (TPSA) is 29.5 Å². The highest BCUT2D eigenvalue weighted by Gasteiger charge is 2.14. The summed E-state index contributed by atoms with van der Waals surface area (Å²) in [6, 6.07) is 10.2. The van der Waals surface area contributed by atoms with Crippen molar-refractivity contribution in [2.24, 2.45) is 0 Å². The van der Waals surface area contributed by atoms with Gasteiger partial charge in [0.2, 0.25) is 0 Å². The maximum atomic E-state index is 9.20. The van der Waals surface area contributed by atoms with E-state index in [0.717, 1.165) is 18.4 Å². The number of aliphatic hydroxyl groups is 1. The standard InChI is InChI=1S/C17H24O2S/c1-14(2)8-7-9-15(12-13-18)17(19-3)20-16-10-5-4-6-11-16/h4-6,8,10-12,17-18H,7,9,13H2,1-3H3/b15-12+. The molecule has 0 fully saturated rings. The van der Waals surface area contributed by atoms with Crippen molar-refractivity contribution in [3.05, 3.63) is 53.6 Å². The van der Waals surface area contributed by atoms with E-state index in [9.17, 15) is 5.11 Å². The number of methoxy groups -OCH3 is 1. The molecule has 20 heavy (non-hydrogen) atoms. The Morgan fingerprint density at radius 3 is 2.50 bits per heavy atom. The third-order valence-electron chi connectivity index (χ3n) is 2.84. The Morgan fingerprint density at radius 1 is 1.25 bits per heavy atom. The number of allylic oxidation sites excluding steroid dienone is 2. The summed E-state index contributed by atoms with van der Waals surface area (Å²) in [5, 5.41) is 9.20. The Balaban J connectivity index is 2.71. The first-order valence-electron chi connectivity index (χ1n) is 6.85. The van der Waals surface area contributed by atoms with Gasteiger partial charge < -0.3 is 9.84 Å². The van der Waals surface area contributed by atoms with Crippen molar-refractivity contribution < 1.29 is 9.84 Å². The van der Waals surface area contributed by atoms with Crippen LogP contribution in [-0.4, -0.2) is 24.3 Å². The first-order chi connectivity index (χ1) is 9.67. The summed E-state index contributed by atoms with van der Waals surface area (Å²) < 4.78 is 5.59. The quantitative estimate of drug-likeness (QED) is 0.437. The van der Waals surface area contributed by atoms with Crippen LogP contribution in [0.3, 0.4) is 0 Å². The van der Waals surface area contributed by atoms with Gasteiger partial charge in [0.05, 0.1) is 6.61 Å². The number of hydrogen-bond donors (Lipinski definition) is 1. The summed E-state index contributed by atoms with van der Waals surface area (Å²) in [5.41, 5.74) is 2.41. The molecule has 3 heteroatoms. The smallest absolute Gasteiger partial charge is 0.128 e. The van der Waals surface area contributed by atoms with E-state index in [2.05, 4.69) is 32.1 Å². The second-order valence-electron chi connectivity index (χ2n) is 4.78. The predicted molar refractivity (Wildman–Crippen MR) is 86.9 cm³/mol. The van der Waals surface area contributed by atoms with E-state index in [0.29, 0.717) is 0 Å². The molecular weight excluding hydrogens is 268 g/mol. The summed E-state index contributed by atoms with van der Waals surface area (Å²) in [5.74, 6) is 0. The molecule has 1 rings (SSSR count). The number of benzene rings is 1. The number of ether oxygens (including phenoxy) is 1. The van der Waals surface area contributed by atoms with Crippen LogP contribution >= 0.6 is 11.8 Å². The molecule has 0 heterocycles. The second-order valence-corrected chi connectivity index (χ2v) is 5.92. The Kier molecular flexibility index (Phi) is 8.35. The molecule has 0 bridgehead atoms. The van der Waals surface area contributed by atoms with Crippen LogP contribution in [0.1, 0.15) is 26.7 Å². The molecule has 0 saturated heterocycles. The summed E-state index contributed by atoms with van der Waals surface area (Å²) >= 11 is 1.67. The zero-order valence-corrected chi connectivity index (χ0v) is 13.3. The fourth-order valence-electron chi connectivity index (χ4n) is 1.86. The van der Waals surface area contributed by atoms with Gasteiger partial charge in [-0.05, 0) is 44.4 Å². The number of aliphatic hydroxyl groups excluding tert-OH is 1. The summed E-state index contributed by atoms with van der Waals surface area (Å²) in [7, 11) is 1.72. The SMILES string of the molecule is COC(Sc1ccccc1)/C(=C/CO)CCC=C(C)C. The van der Waals surface area contributed by atoms with Gasteiger partial charge in [0, 0.05) is 12.0 Å². The van der Waals surface area contributed by atoms with Crippen LogP contribution in [0.4, 0.5) is 0 Å². The van der Waals surface area contributed by atoms with Crippen LogP contribution in [0.2, 0.25) is 0 Å². The largest absolute Gasteiger partial charge is 0.392 e. The molecule has 2 nitrogen and oxygen atoms in total. The van der Waals surface area contributed by atoms with E-state index in [1.165, 1.54) is 10.5 Å². The zero-order chi connectivity index (χ0) is 14.8. The molecule has 0 aliphatic carbocycles. The van der Waals surface area contributed by atoms with Crippen molar-refractivity contribution in [1.29, 1.82) is 0 Å². The third kappa shape index (κ3) is 6.42.